The van der Waals surface area contributed by atoms with Crippen LogP contribution in [0.25, 0.3) is 10.9 Å². The van der Waals surface area contributed by atoms with E-state index in [0.717, 1.165) is 15.7 Å². The van der Waals surface area contributed by atoms with Crippen molar-refractivity contribution in [2.24, 2.45) is 7.05 Å². The van der Waals surface area contributed by atoms with Gasteiger partial charge in [-0.25, -0.2) is 0 Å². The van der Waals surface area contributed by atoms with E-state index in [4.69, 9.17) is 4.74 Å². The topological polar surface area (TPSA) is 26.2 Å². The van der Waals surface area contributed by atoms with Gasteiger partial charge >= 0.3 is 0 Å². The van der Waals surface area contributed by atoms with Crippen LogP contribution in [-0.2, 0) is 7.05 Å². The van der Waals surface area contributed by atoms with E-state index < -0.39 is 0 Å². The van der Waals surface area contributed by atoms with Crippen LogP contribution in [0, 0.1) is 6.92 Å². The van der Waals surface area contributed by atoms with Gasteiger partial charge in [-0.05, 0) is 54.5 Å². The van der Waals surface area contributed by atoms with E-state index in [9.17, 15) is 0 Å². The molecule has 2 rings (SSSR count). The van der Waals surface area contributed by atoms with Crippen LogP contribution in [0.5, 0.6) is 5.75 Å². The molecule has 3 nitrogen and oxygen atoms in total. The third kappa shape index (κ3) is 1.93. The Bertz CT molecular complexity index is 589. The van der Waals surface area contributed by atoms with Gasteiger partial charge in [-0.2, -0.15) is 0 Å². The molecule has 1 N–H and O–H groups in total. The second kappa shape index (κ2) is 4.94. The molecule has 1 unspecified atom stereocenters. The van der Waals surface area contributed by atoms with Crippen LogP contribution in [0.1, 0.15) is 24.2 Å². The first-order valence-electron chi connectivity index (χ1n) is 6.01. The van der Waals surface area contributed by atoms with Crippen molar-refractivity contribution >= 4 is 26.8 Å². The molecule has 0 fully saturated rings. The maximum absolute atomic E-state index is 5.51. The van der Waals surface area contributed by atoms with Crippen molar-refractivity contribution in [1.29, 1.82) is 0 Å². The lowest BCUT2D eigenvalue weighted by atomic mass is 10.1. The Labute approximate surface area is 116 Å². The van der Waals surface area contributed by atoms with Gasteiger partial charge < -0.3 is 14.6 Å². The molecule has 1 atom stereocenters. The van der Waals surface area contributed by atoms with E-state index >= 15 is 0 Å². The highest BCUT2D eigenvalue weighted by atomic mass is 79.9. The Balaban J connectivity index is 2.85. The molecule has 1 aromatic carbocycles. The summed E-state index contributed by atoms with van der Waals surface area (Å²) in [6.45, 7) is 4.24. The first-order valence-corrected chi connectivity index (χ1v) is 6.80. The number of halogens is 1. The number of aromatic nitrogens is 1. The smallest absolute Gasteiger partial charge is 0.143 e. The van der Waals surface area contributed by atoms with E-state index in [1.807, 2.05) is 7.05 Å². The zero-order valence-electron chi connectivity index (χ0n) is 11.5. The maximum Gasteiger partial charge on any atom is 0.143 e. The lowest BCUT2D eigenvalue weighted by molar-refractivity contribution is 0.417. The quantitative estimate of drug-likeness (QED) is 0.938. The summed E-state index contributed by atoms with van der Waals surface area (Å²) in [6, 6.07) is 4.54. The molecule has 98 valence electrons. The second-order valence-electron chi connectivity index (χ2n) is 4.63. The first-order chi connectivity index (χ1) is 8.51. The molecular formula is C14H19BrN2O. The summed E-state index contributed by atoms with van der Waals surface area (Å²) in [4.78, 5) is 0. The normalized spacial score (nSPS) is 13.0. The van der Waals surface area contributed by atoms with Crippen LogP contribution < -0.4 is 10.1 Å². The molecule has 0 spiro atoms. The Hall–Kier alpha value is -1.00. The summed E-state index contributed by atoms with van der Waals surface area (Å²) in [5, 5.41) is 4.48. The number of fused-ring (bicyclic) bond motifs is 1. The molecule has 0 amide bonds. The summed E-state index contributed by atoms with van der Waals surface area (Å²) in [5.74, 6) is 0.919. The van der Waals surface area contributed by atoms with E-state index in [1.165, 1.54) is 16.6 Å². The summed E-state index contributed by atoms with van der Waals surface area (Å²) in [6.07, 6.45) is 0. The fraction of sp³-hybridized carbons (Fsp3) is 0.429. The predicted molar refractivity (Wildman–Crippen MR) is 79.4 cm³/mol. The van der Waals surface area contributed by atoms with Crippen molar-refractivity contribution in [1.82, 2.24) is 9.88 Å². The Kier molecular flexibility index (Phi) is 3.69. The summed E-state index contributed by atoms with van der Waals surface area (Å²) >= 11 is 3.73. The largest absolute Gasteiger partial charge is 0.495 e. The van der Waals surface area contributed by atoms with E-state index in [-0.39, 0.29) is 6.04 Å². The molecule has 4 heteroatoms. The number of aryl methyl sites for hydroxylation is 2. The third-order valence-electron chi connectivity index (χ3n) is 3.44. The number of hydrogen-bond donors (Lipinski definition) is 1. The molecule has 18 heavy (non-hydrogen) atoms. The van der Waals surface area contributed by atoms with Crippen LogP contribution in [0.15, 0.2) is 16.6 Å². The average Bonchev–Trinajstić information content (AvgIpc) is 2.60. The molecule has 0 aliphatic carbocycles. The van der Waals surface area contributed by atoms with E-state index in [1.54, 1.807) is 7.11 Å². The van der Waals surface area contributed by atoms with Crippen LogP contribution in [0.3, 0.4) is 0 Å². The van der Waals surface area contributed by atoms with Crippen LogP contribution in [0.2, 0.25) is 0 Å². The highest BCUT2D eigenvalue weighted by Crippen LogP contribution is 2.38. The van der Waals surface area contributed by atoms with Crippen LogP contribution in [0.4, 0.5) is 0 Å². The highest BCUT2D eigenvalue weighted by Gasteiger charge is 2.20. The minimum atomic E-state index is 0.279. The molecule has 0 aliphatic rings. The number of benzene rings is 1. The van der Waals surface area contributed by atoms with Crippen LogP contribution >= 0.6 is 15.9 Å². The van der Waals surface area contributed by atoms with Gasteiger partial charge in [-0.1, -0.05) is 0 Å². The lowest BCUT2D eigenvalue weighted by Gasteiger charge is -2.13. The fourth-order valence-electron chi connectivity index (χ4n) is 2.44. The first kappa shape index (κ1) is 13.4. The third-order valence-corrected chi connectivity index (χ3v) is 4.27. The van der Waals surface area contributed by atoms with E-state index in [2.05, 4.69) is 58.8 Å². The number of methoxy groups -OCH3 is 1. The van der Waals surface area contributed by atoms with Crippen LogP contribution in [-0.4, -0.2) is 18.7 Å². The molecule has 0 radical (unpaired) electrons. The minimum Gasteiger partial charge on any atom is -0.495 e. The Morgan fingerprint density at radius 1 is 1.39 bits per heavy atom. The van der Waals surface area contributed by atoms with Crippen molar-refractivity contribution in [2.75, 3.05) is 14.2 Å². The second-order valence-corrected chi connectivity index (χ2v) is 5.42. The molecule has 2 aromatic rings. The van der Waals surface area contributed by atoms with Gasteiger partial charge in [-0.15, -0.1) is 0 Å². The van der Waals surface area contributed by atoms with Gasteiger partial charge in [0, 0.05) is 28.6 Å². The number of ether oxygens (including phenoxy) is 1. The Morgan fingerprint density at radius 2 is 2.06 bits per heavy atom. The monoisotopic (exact) mass is 310 g/mol. The molecule has 0 saturated heterocycles. The van der Waals surface area contributed by atoms with Crippen molar-refractivity contribution in [3.8, 4) is 5.75 Å². The molecule has 0 saturated carbocycles. The number of rotatable bonds is 3. The molecule has 1 aromatic heterocycles. The van der Waals surface area contributed by atoms with Gasteiger partial charge in [0.15, 0.2) is 0 Å². The zero-order chi connectivity index (χ0) is 13.4. The standard InChI is InChI=1S/C14H19BrN2O/c1-8-6-10-12(15)13(9(2)16-3)17(4)14(10)11(7-8)18-5/h6-7,9,16H,1-5H3. The van der Waals surface area contributed by atoms with Crippen molar-refractivity contribution < 1.29 is 4.74 Å². The number of hydrogen-bond acceptors (Lipinski definition) is 2. The van der Waals surface area contributed by atoms with Gasteiger partial charge in [-0.3, -0.25) is 0 Å². The Morgan fingerprint density at radius 3 is 2.61 bits per heavy atom. The van der Waals surface area contributed by atoms with Gasteiger partial charge in [0.2, 0.25) is 0 Å². The molecule has 1 heterocycles. The summed E-state index contributed by atoms with van der Waals surface area (Å²) in [7, 11) is 5.77. The zero-order valence-corrected chi connectivity index (χ0v) is 13.1. The maximum atomic E-state index is 5.51. The van der Waals surface area contributed by atoms with Gasteiger partial charge in [0.25, 0.3) is 0 Å². The predicted octanol–water partition coefficient (Wildman–Crippen LogP) is 3.54. The minimum absolute atomic E-state index is 0.279. The molecule has 0 aliphatic heterocycles. The lowest BCUT2D eigenvalue weighted by Crippen LogP contribution is -2.16. The molecule has 0 bridgehead atoms. The fourth-order valence-corrected chi connectivity index (χ4v) is 3.35. The summed E-state index contributed by atoms with van der Waals surface area (Å²) in [5.41, 5.74) is 3.57. The van der Waals surface area contributed by atoms with Gasteiger partial charge in [0.05, 0.1) is 12.6 Å². The number of nitrogens with zero attached hydrogens (tertiary/aromatic N) is 1. The van der Waals surface area contributed by atoms with E-state index in [0.29, 0.717) is 0 Å². The van der Waals surface area contributed by atoms with Crippen molar-refractivity contribution in [3.63, 3.8) is 0 Å². The highest BCUT2D eigenvalue weighted by molar-refractivity contribution is 9.10. The van der Waals surface area contributed by atoms with Crippen molar-refractivity contribution in [2.45, 2.75) is 19.9 Å². The van der Waals surface area contributed by atoms with Crippen molar-refractivity contribution in [3.05, 3.63) is 27.9 Å². The number of nitrogens with one attached hydrogen (secondary N) is 1. The average molecular weight is 311 g/mol. The molecular weight excluding hydrogens is 292 g/mol. The van der Waals surface area contributed by atoms with Gasteiger partial charge in [0.1, 0.15) is 5.75 Å². The SMILES string of the molecule is CNC(C)c1c(Br)c2cc(C)cc(OC)c2n1C. The summed E-state index contributed by atoms with van der Waals surface area (Å²) < 4.78 is 8.84.